The van der Waals surface area contributed by atoms with E-state index in [4.69, 9.17) is 5.73 Å². The van der Waals surface area contributed by atoms with Crippen LogP contribution in [-0.2, 0) is 4.79 Å². The highest BCUT2D eigenvalue weighted by Gasteiger charge is 1.91. The van der Waals surface area contributed by atoms with Gasteiger partial charge in [0.25, 0.3) is 0 Å². The van der Waals surface area contributed by atoms with E-state index in [1.54, 1.807) is 6.92 Å². The Hall–Kier alpha value is -1.01. The van der Waals surface area contributed by atoms with Gasteiger partial charge in [0, 0.05) is 13.0 Å². The first-order valence-corrected chi connectivity index (χ1v) is 3.17. The third kappa shape index (κ3) is 5.13. The Kier molecular flexibility index (Phi) is 5.50. The third-order valence-corrected chi connectivity index (χ3v) is 0.934. The number of hydrogen-bond acceptors (Lipinski definition) is 2. The number of nitrogens with two attached hydrogens (primary N) is 1. The van der Waals surface area contributed by atoms with Crippen molar-refractivity contribution in [2.24, 2.45) is 5.73 Å². The summed E-state index contributed by atoms with van der Waals surface area (Å²) in [5, 5.41) is 2.60. The standard InChI is InChI=1S/C7H12N2O/c1-2-3-4-5-9-7(10)6-8/h4-6,8H2,1H3,(H,9,10). The lowest BCUT2D eigenvalue weighted by molar-refractivity contribution is -0.119. The second-order valence-corrected chi connectivity index (χ2v) is 1.73. The van der Waals surface area contributed by atoms with Gasteiger partial charge >= 0.3 is 0 Å². The molecule has 0 aromatic heterocycles. The number of rotatable bonds is 3. The highest BCUT2D eigenvalue weighted by atomic mass is 16.1. The maximum Gasteiger partial charge on any atom is 0.233 e. The van der Waals surface area contributed by atoms with Gasteiger partial charge in [-0.3, -0.25) is 4.79 Å². The van der Waals surface area contributed by atoms with Crippen molar-refractivity contribution in [1.82, 2.24) is 5.32 Å². The summed E-state index contributed by atoms with van der Waals surface area (Å²) < 4.78 is 0. The Bertz CT molecular complexity index is 155. The first kappa shape index (κ1) is 8.99. The summed E-state index contributed by atoms with van der Waals surface area (Å²) in [6.07, 6.45) is 0.697. The Morgan fingerprint density at radius 3 is 2.90 bits per heavy atom. The molecule has 0 aliphatic heterocycles. The topological polar surface area (TPSA) is 55.1 Å². The van der Waals surface area contributed by atoms with Crippen molar-refractivity contribution in [1.29, 1.82) is 0 Å². The van der Waals surface area contributed by atoms with Crippen molar-refractivity contribution < 1.29 is 4.79 Å². The molecule has 0 atom stereocenters. The van der Waals surface area contributed by atoms with Crippen molar-refractivity contribution >= 4 is 5.91 Å². The second-order valence-electron chi connectivity index (χ2n) is 1.73. The van der Waals surface area contributed by atoms with Gasteiger partial charge in [-0.1, -0.05) is 0 Å². The summed E-state index contributed by atoms with van der Waals surface area (Å²) >= 11 is 0. The third-order valence-electron chi connectivity index (χ3n) is 0.934. The summed E-state index contributed by atoms with van der Waals surface area (Å²) in [6, 6.07) is 0. The molecule has 0 unspecified atom stereocenters. The average Bonchev–Trinajstić information content (AvgIpc) is 1.98. The van der Waals surface area contributed by atoms with E-state index in [2.05, 4.69) is 17.2 Å². The molecule has 0 rings (SSSR count). The van der Waals surface area contributed by atoms with Crippen molar-refractivity contribution in [3.63, 3.8) is 0 Å². The molecule has 0 saturated heterocycles. The lowest BCUT2D eigenvalue weighted by atomic mass is 10.4. The number of carbonyl (C=O) groups excluding carboxylic acids is 1. The van der Waals surface area contributed by atoms with E-state index in [1.165, 1.54) is 0 Å². The molecule has 1 amide bonds. The molecule has 0 fully saturated rings. The molecular formula is C7H12N2O. The Balaban J connectivity index is 3.17. The zero-order valence-corrected chi connectivity index (χ0v) is 6.11. The minimum atomic E-state index is -0.127. The molecule has 0 saturated carbocycles. The van der Waals surface area contributed by atoms with Gasteiger partial charge in [0.2, 0.25) is 5.91 Å². The number of nitrogens with one attached hydrogen (secondary N) is 1. The van der Waals surface area contributed by atoms with E-state index < -0.39 is 0 Å². The first-order chi connectivity index (χ1) is 4.81. The molecular weight excluding hydrogens is 128 g/mol. The lowest BCUT2D eigenvalue weighted by Crippen LogP contribution is -2.30. The zero-order valence-electron chi connectivity index (χ0n) is 6.11. The van der Waals surface area contributed by atoms with Gasteiger partial charge in [-0.25, -0.2) is 0 Å². The van der Waals surface area contributed by atoms with Crippen LogP contribution in [0.15, 0.2) is 0 Å². The largest absolute Gasteiger partial charge is 0.354 e. The van der Waals surface area contributed by atoms with Crippen LogP contribution in [0.4, 0.5) is 0 Å². The molecule has 3 nitrogen and oxygen atoms in total. The highest BCUT2D eigenvalue weighted by molar-refractivity contribution is 5.77. The van der Waals surface area contributed by atoms with Crippen LogP contribution >= 0.6 is 0 Å². The maximum absolute atomic E-state index is 10.5. The molecule has 0 aliphatic rings. The number of amides is 1. The van der Waals surface area contributed by atoms with Crippen molar-refractivity contribution in [3.8, 4) is 11.8 Å². The monoisotopic (exact) mass is 140 g/mol. The molecule has 0 heterocycles. The van der Waals surface area contributed by atoms with Crippen LogP contribution in [0.25, 0.3) is 0 Å². The molecule has 56 valence electrons. The molecule has 0 aromatic rings. The van der Waals surface area contributed by atoms with Crippen molar-refractivity contribution in [3.05, 3.63) is 0 Å². The van der Waals surface area contributed by atoms with Crippen molar-refractivity contribution in [2.45, 2.75) is 13.3 Å². The first-order valence-electron chi connectivity index (χ1n) is 3.17. The van der Waals surface area contributed by atoms with E-state index in [0.29, 0.717) is 13.0 Å². The minimum Gasteiger partial charge on any atom is -0.354 e. The fraction of sp³-hybridized carbons (Fsp3) is 0.571. The average molecular weight is 140 g/mol. The van der Waals surface area contributed by atoms with E-state index in [-0.39, 0.29) is 12.5 Å². The molecule has 10 heavy (non-hydrogen) atoms. The predicted molar refractivity (Wildman–Crippen MR) is 40.1 cm³/mol. The fourth-order valence-corrected chi connectivity index (χ4v) is 0.462. The van der Waals surface area contributed by atoms with Gasteiger partial charge in [-0.15, -0.1) is 11.8 Å². The van der Waals surface area contributed by atoms with E-state index in [1.807, 2.05) is 0 Å². The summed E-state index contributed by atoms with van der Waals surface area (Å²) in [7, 11) is 0. The predicted octanol–water partition coefficient (Wildman–Crippen LogP) is -0.525. The minimum absolute atomic E-state index is 0.0551. The molecule has 0 aliphatic carbocycles. The number of hydrogen-bond donors (Lipinski definition) is 2. The molecule has 0 bridgehead atoms. The van der Waals surface area contributed by atoms with E-state index >= 15 is 0 Å². The van der Waals surface area contributed by atoms with Gasteiger partial charge < -0.3 is 11.1 Å². The Morgan fingerprint density at radius 1 is 1.70 bits per heavy atom. The normalized spacial score (nSPS) is 7.80. The van der Waals surface area contributed by atoms with E-state index in [0.717, 1.165) is 0 Å². The molecule has 3 heteroatoms. The van der Waals surface area contributed by atoms with Crippen LogP contribution in [0, 0.1) is 11.8 Å². The fourth-order valence-electron chi connectivity index (χ4n) is 0.462. The van der Waals surface area contributed by atoms with Crippen LogP contribution in [0.1, 0.15) is 13.3 Å². The Morgan fingerprint density at radius 2 is 2.40 bits per heavy atom. The van der Waals surface area contributed by atoms with Crippen LogP contribution in [0.2, 0.25) is 0 Å². The maximum atomic E-state index is 10.5. The van der Waals surface area contributed by atoms with Crippen LogP contribution in [0.3, 0.4) is 0 Å². The summed E-state index contributed by atoms with van der Waals surface area (Å²) in [5.41, 5.74) is 5.04. The smallest absolute Gasteiger partial charge is 0.233 e. The van der Waals surface area contributed by atoms with Crippen LogP contribution in [0.5, 0.6) is 0 Å². The lowest BCUT2D eigenvalue weighted by Gasteiger charge is -1.97. The zero-order chi connectivity index (χ0) is 7.82. The highest BCUT2D eigenvalue weighted by Crippen LogP contribution is 1.70. The van der Waals surface area contributed by atoms with Gasteiger partial charge in [-0.05, 0) is 6.92 Å². The second kappa shape index (κ2) is 6.12. The SMILES string of the molecule is CC#CCCNC(=O)CN. The van der Waals surface area contributed by atoms with Crippen molar-refractivity contribution in [2.75, 3.05) is 13.1 Å². The van der Waals surface area contributed by atoms with Crippen LogP contribution < -0.4 is 11.1 Å². The van der Waals surface area contributed by atoms with Crippen LogP contribution in [-0.4, -0.2) is 19.0 Å². The van der Waals surface area contributed by atoms with Gasteiger partial charge in [0.05, 0.1) is 6.54 Å². The van der Waals surface area contributed by atoms with E-state index in [9.17, 15) is 4.79 Å². The Labute approximate surface area is 61.0 Å². The number of carbonyl (C=O) groups is 1. The quantitative estimate of drug-likeness (QED) is 0.409. The molecule has 0 radical (unpaired) electrons. The van der Waals surface area contributed by atoms with Gasteiger partial charge in [0.15, 0.2) is 0 Å². The van der Waals surface area contributed by atoms with Gasteiger partial charge in [-0.2, -0.15) is 0 Å². The molecule has 0 aromatic carbocycles. The molecule has 3 N–H and O–H groups in total. The molecule has 0 spiro atoms. The van der Waals surface area contributed by atoms with Gasteiger partial charge in [0.1, 0.15) is 0 Å². The summed E-state index contributed by atoms with van der Waals surface area (Å²) in [6.45, 7) is 2.42. The summed E-state index contributed by atoms with van der Waals surface area (Å²) in [5.74, 6) is 5.42. The summed E-state index contributed by atoms with van der Waals surface area (Å²) in [4.78, 5) is 10.5.